The molecule has 0 spiro atoms. The van der Waals surface area contributed by atoms with Crippen LogP contribution in [0, 0.1) is 17.1 Å². The van der Waals surface area contributed by atoms with E-state index in [1.54, 1.807) is 24.4 Å². The summed E-state index contributed by atoms with van der Waals surface area (Å²) < 4.78 is 13.2. The number of carbonyl (C=O) groups excluding carboxylic acids is 1. The molecule has 5 nitrogen and oxygen atoms in total. The smallest absolute Gasteiger partial charge is 0.223 e. The van der Waals surface area contributed by atoms with E-state index in [1.165, 1.54) is 12.1 Å². The molecular weight excluding hydrogens is 319 g/mol. The van der Waals surface area contributed by atoms with E-state index in [9.17, 15) is 14.4 Å². The van der Waals surface area contributed by atoms with Crippen LogP contribution in [0.25, 0.3) is 0 Å². The Labute approximate surface area is 146 Å². The molecule has 0 bridgehead atoms. The molecule has 1 saturated heterocycles. The largest absolute Gasteiger partial charge is 0.352 e. The zero-order valence-electron chi connectivity index (χ0n) is 13.9. The molecule has 0 aliphatic carbocycles. The lowest BCUT2D eigenvalue weighted by Crippen LogP contribution is -2.49. The first kappa shape index (κ1) is 16.9. The fourth-order valence-corrected chi connectivity index (χ4v) is 3.01. The highest BCUT2D eigenvalue weighted by molar-refractivity contribution is 5.76. The van der Waals surface area contributed by atoms with Gasteiger partial charge in [-0.3, -0.25) is 4.79 Å². The summed E-state index contributed by atoms with van der Waals surface area (Å²) in [6.07, 6.45) is 2.58. The summed E-state index contributed by atoms with van der Waals surface area (Å²) in [6, 6.07) is 12.0. The van der Waals surface area contributed by atoms with Gasteiger partial charge in [-0.05, 0) is 36.2 Å². The minimum absolute atomic E-state index is 0.0745. The highest BCUT2D eigenvalue weighted by Gasteiger charge is 2.23. The van der Waals surface area contributed by atoms with Gasteiger partial charge in [-0.25, -0.2) is 9.37 Å². The van der Waals surface area contributed by atoms with Crippen LogP contribution in [0.15, 0.2) is 42.6 Å². The van der Waals surface area contributed by atoms with Gasteiger partial charge >= 0.3 is 0 Å². The molecule has 2 aromatic rings. The van der Waals surface area contributed by atoms with Crippen molar-refractivity contribution in [3.8, 4) is 6.07 Å². The van der Waals surface area contributed by atoms with Crippen LogP contribution in [0.5, 0.6) is 0 Å². The van der Waals surface area contributed by atoms with E-state index in [0.717, 1.165) is 5.56 Å². The molecule has 1 aromatic carbocycles. The first-order valence-electron chi connectivity index (χ1n) is 8.29. The van der Waals surface area contributed by atoms with Crippen LogP contribution in [0.2, 0.25) is 0 Å². The number of hydrogen-bond donors (Lipinski definition) is 0. The minimum atomic E-state index is -0.276. The summed E-state index contributed by atoms with van der Waals surface area (Å²) >= 11 is 0. The summed E-state index contributed by atoms with van der Waals surface area (Å²) in [5.74, 6) is 0.476. The standard InChI is InChI=1S/C19H19FN4O/c20-17-5-1-3-15(13-17)6-7-18(25)23-9-11-24(12-10-23)19-16(14-21)4-2-8-22-19/h1-5,8,13H,6-7,9-12H2. The van der Waals surface area contributed by atoms with Crippen molar-refractivity contribution in [3.05, 3.63) is 59.5 Å². The Bertz CT molecular complexity index is 794. The van der Waals surface area contributed by atoms with Gasteiger partial charge in [0.2, 0.25) is 5.91 Å². The molecule has 128 valence electrons. The number of nitrogens with zero attached hydrogens (tertiary/aromatic N) is 4. The number of nitriles is 1. The lowest BCUT2D eigenvalue weighted by Gasteiger charge is -2.35. The van der Waals surface area contributed by atoms with Crippen LogP contribution in [0.3, 0.4) is 0 Å². The van der Waals surface area contributed by atoms with Crippen LogP contribution in [0.4, 0.5) is 10.2 Å². The molecule has 0 atom stereocenters. The molecule has 1 fully saturated rings. The number of hydrogen-bond acceptors (Lipinski definition) is 4. The average Bonchev–Trinajstić information content (AvgIpc) is 2.66. The van der Waals surface area contributed by atoms with Gasteiger partial charge in [-0.15, -0.1) is 0 Å². The van der Waals surface area contributed by atoms with Gasteiger partial charge in [0.1, 0.15) is 17.7 Å². The second-order valence-corrected chi connectivity index (χ2v) is 5.98. The molecule has 0 radical (unpaired) electrons. The number of aryl methyl sites for hydroxylation is 1. The molecule has 6 heteroatoms. The van der Waals surface area contributed by atoms with E-state index in [-0.39, 0.29) is 11.7 Å². The topological polar surface area (TPSA) is 60.2 Å². The fourth-order valence-electron chi connectivity index (χ4n) is 3.01. The molecular formula is C19H19FN4O. The maximum Gasteiger partial charge on any atom is 0.223 e. The number of benzene rings is 1. The Hall–Kier alpha value is -2.94. The fraction of sp³-hybridized carbons (Fsp3) is 0.316. The van der Waals surface area contributed by atoms with Gasteiger partial charge < -0.3 is 9.80 Å². The van der Waals surface area contributed by atoms with Crippen LogP contribution in [0.1, 0.15) is 17.5 Å². The predicted octanol–water partition coefficient (Wildman–Crippen LogP) is 2.37. The van der Waals surface area contributed by atoms with E-state index in [1.807, 2.05) is 15.9 Å². The first-order valence-corrected chi connectivity index (χ1v) is 8.29. The molecule has 1 amide bonds. The van der Waals surface area contributed by atoms with E-state index in [4.69, 9.17) is 0 Å². The number of piperazine rings is 1. The van der Waals surface area contributed by atoms with Gasteiger partial charge in [0.15, 0.2) is 0 Å². The summed E-state index contributed by atoms with van der Waals surface area (Å²) in [4.78, 5) is 20.5. The Balaban J connectivity index is 1.53. The third-order valence-corrected chi connectivity index (χ3v) is 4.36. The second-order valence-electron chi connectivity index (χ2n) is 5.98. The van der Waals surface area contributed by atoms with E-state index < -0.39 is 0 Å². The molecule has 1 aromatic heterocycles. The van der Waals surface area contributed by atoms with Crippen LogP contribution < -0.4 is 4.90 Å². The van der Waals surface area contributed by atoms with Crippen molar-refractivity contribution in [2.24, 2.45) is 0 Å². The zero-order chi connectivity index (χ0) is 17.6. The minimum Gasteiger partial charge on any atom is -0.352 e. The normalized spacial score (nSPS) is 14.2. The monoisotopic (exact) mass is 338 g/mol. The zero-order valence-corrected chi connectivity index (χ0v) is 13.9. The summed E-state index contributed by atoms with van der Waals surface area (Å²) in [5.41, 5.74) is 1.38. The summed E-state index contributed by atoms with van der Waals surface area (Å²) in [6.45, 7) is 2.50. The number of halogens is 1. The molecule has 1 aliphatic heterocycles. The van der Waals surface area contributed by atoms with Crippen LogP contribution in [-0.4, -0.2) is 42.0 Å². The van der Waals surface area contributed by atoms with Crippen LogP contribution in [-0.2, 0) is 11.2 Å². The van der Waals surface area contributed by atoms with Crippen molar-refractivity contribution in [1.82, 2.24) is 9.88 Å². The third-order valence-electron chi connectivity index (χ3n) is 4.36. The number of anilines is 1. The number of amides is 1. The Kier molecular flexibility index (Phi) is 5.24. The molecule has 0 N–H and O–H groups in total. The maximum atomic E-state index is 13.2. The van der Waals surface area contributed by atoms with Crippen molar-refractivity contribution in [3.63, 3.8) is 0 Å². The van der Waals surface area contributed by atoms with E-state index in [0.29, 0.717) is 50.4 Å². The molecule has 2 heterocycles. The highest BCUT2D eigenvalue weighted by Crippen LogP contribution is 2.18. The van der Waals surface area contributed by atoms with E-state index in [2.05, 4.69) is 11.1 Å². The van der Waals surface area contributed by atoms with Crippen molar-refractivity contribution in [2.45, 2.75) is 12.8 Å². The van der Waals surface area contributed by atoms with Gasteiger partial charge in [0.05, 0.1) is 5.56 Å². The van der Waals surface area contributed by atoms with Crippen molar-refractivity contribution < 1.29 is 9.18 Å². The predicted molar refractivity (Wildman–Crippen MR) is 92.5 cm³/mol. The highest BCUT2D eigenvalue weighted by atomic mass is 19.1. The van der Waals surface area contributed by atoms with Crippen molar-refractivity contribution >= 4 is 11.7 Å². The van der Waals surface area contributed by atoms with E-state index >= 15 is 0 Å². The quantitative estimate of drug-likeness (QED) is 0.859. The molecule has 1 aliphatic rings. The summed E-state index contributed by atoms with van der Waals surface area (Å²) in [5, 5.41) is 9.18. The van der Waals surface area contributed by atoms with Crippen molar-refractivity contribution in [1.29, 1.82) is 5.26 Å². The van der Waals surface area contributed by atoms with Gasteiger partial charge in [-0.1, -0.05) is 12.1 Å². The lowest BCUT2D eigenvalue weighted by atomic mass is 10.1. The number of pyridine rings is 1. The number of carbonyl (C=O) groups is 1. The number of aromatic nitrogens is 1. The Morgan fingerprint density at radius 1 is 1.20 bits per heavy atom. The number of rotatable bonds is 4. The van der Waals surface area contributed by atoms with Crippen LogP contribution >= 0.6 is 0 Å². The molecule has 3 rings (SSSR count). The average molecular weight is 338 g/mol. The first-order chi connectivity index (χ1) is 12.2. The Morgan fingerprint density at radius 3 is 2.72 bits per heavy atom. The maximum absolute atomic E-state index is 13.2. The molecule has 25 heavy (non-hydrogen) atoms. The molecule has 0 unspecified atom stereocenters. The van der Waals surface area contributed by atoms with Gasteiger partial charge in [-0.2, -0.15) is 5.26 Å². The van der Waals surface area contributed by atoms with Gasteiger partial charge in [0, 0.05) is 38.8 Å². The van der Waals surface area contributed by atoms with Crippen molar-refractivity contribution in [2.75, 3.05) is 31.1 Å². The van der Waals surface area contributed by atoms with Gasteiger partial charge in [0.25, 0.3) is 0 Å². The molecule has 0 saturated carbocycles. The summed E-state index contributed by atoms with van der Waals surface area (Å²) in [7, 11) is 0. The second kappa shape index (κ2) is 7.75. The SMILES string of the molecule is N#Cc1cccnc1N1CCN(C(=O)CCc2cccc(F)c2)CC1. The lowest BCUT2D eigenvalue weighted by molar-refractivity contribution is -0.131. The Morgan fingerprint density at radius 2 is 2.00 bits per heavy atom. The third kappa shape index (κ3) is 4.13.